The first-order chi connectivity index (χ1) is 11.8. The lowest BCUT2D eigenvalue weighted by Gasteiger charge is -2.58. The fourth-order valence-corrected chi connectivity index (χ4v) is 5.91. The van der Waals surface area contributed by atoms with E-state index in [0.29, 0.717) is 29.8 Å². The molecule has 0 bridgehead atoms. The summed E-state index contributed by atoms with van der Waals surface area (Å²) in [5, 5.41) is 0. The van der Waals surface area contributed by atoms with E-state index in [2.05, 4.69) is 33.4 Å². The number of hydrogen-bond acceptors (Lipinski definition) is 3. The number of esters is 1. The first-order valence-electron chi connectivity index (χ1n) is 9.97. The molecule has 0 aromatic heterocycles. The maximum Gasteiger partial charge on any atom is 0.336 e. The molecule has 1 heterocycles. The lowest BCUT2D eigenvalue weighted by Crippen LogP contribution is -2.49. The molecule has 0 radical (unpaired) electrons. The van der Waals surface area contributed by atoms with Gasteiger partial charge < -0.3 is 9.47 Å². The number of rotatable bonds is 4. The minimum atomic E-state index is -0.393. The summed E-state index contributed by atoms with van der Waals surface area (Å²) >= 11 is 0. The minimum Gasteiger partial charge on any atom is -0.432 e. The first-order valence-corrected chi connectivity index (χ1v) is 9.97. The molecule has 1 unspecified atom stereocenters. The molecule has 3 nitrogen and oxygen atoms in total. The first kappa shape index (κ1) is 18.7. The van der Waals surface area contributed by atoms with E-state index in [-0.39, 0.29) is 5.97 Å². The molecule has 3 rings (SSSR count). The summed E-state index contributed by atoms with van der Waals surface area (Å²) in [6, 6.07) is 0. The van der Waals surface area contributed by atoms with Gasteiger partial charge in [0, 0.05) is 18.6 Å². The molecule has 0 aromatic carbocycles. The van der Waals surface area contributed by atoms with Crippen molar-refractivity contribution in [2.45, 2.75) is 78.9 Å². The summed E-state index contributed by atoms with van der Waals surface area (Å²) in [5.74, 6) is 1.01. The molecule has 25 heavy (non-hydrogen) atoms. The maximum atomic E-state index is 12.1. The van der Waals surface area contributed by atoms with E-state index in [1.165, 1.54) is 31.3 Å². The Morgan fingerprint density at radius 1 is 1.32 bits per heavy atom. The highest BCUT2D eigenvalue weighted by molar-refractivity contribution is 5.90. The molecule has 2 aliphatic carbocycles. The summed E-state index contributed by atoms with van der Waals surface area (Å²) < 4.78 is 10.7. The fraction of sp³-hybridized carbons (Fsp3) is 0.773. The molecule has 1 saturated heterocycles. The molecule has 3 aliphatic rings. The van der Waals surface area contributed by atoms with E-state index in [4.69, 9.17) is 9.47 Å². The highest BCUT2D eigenvalue weighted by atomic mass is 16.7. The lowest BCUT2D eigenvalue weighted by molar-refractivity contribution is -0.160. The van der Waals surface area contributed by atoms with Gasteiger partial charge in [0.2, 0.25) is 6.29 Å². The standard InChI is InChI=1S/C22H34O3/c1-6-24-19-14-16(20(23)25-19)9-10-17-15(2)8-11-18-21(3,4)12-7-13-22(17,18)5/h9,17-19H,2,6-8,10-14H2,1,3-5H3/b16-9-/t17-,18-,19?,22+/m0/s1. The Balaban J connectivity index is 1.77. The van der Waals surface area contributed by atoms with Crippen LogP contribution in [-0.4, -0.2) is 18.9 Å². The third kappa shape index (κ3) is 3.45. The minimum absolute atomic E-state index is 0.203. The zero-order valence-corrected chi connectivity index (χ0v) is 16.4. The average Bonchev–Trinajstić information content (AvgIpc) is 2.86. The van der Waals surface area contributed by atoms with Gasteiger partial charge in [-0.25, -0.2) is 4.79 Å². The van der Waals surface area contributed by atoms with Crippen molar-refractivity contribution in [1.29, 1.82) is 0 Å². The van der Waals surface area contributed by atoms with E-state index in [0.717, 1.165) is 24.3 Å². The van der Waals surface area contributed by atoms with Crippen molar-refractivity contribution >= 4 is 5.97 Å². The van der Waals surface area contributed by atoms with Gasteiger partial charge in [0.1, 0.15) is 0 Å². The highest BCUT2D eigenvalue weighted by Crippen LogP contribution is 2.61. The molecule has 0 N–H and O–H groups in total. The zero-order valence-electron chi connectivity index (χ0n) is 16.4. The van der Waals surface area contributed by atoms with Gasteiger partial charge in [0.05, 0.1) is 0 Å². The number of cyclic esters (lactones) is 1. The van der Waals surface area contributed by atoms with Gasteiger partial charge in [-0.15, -0.1) is 0 Å². The molecule has 0 amide bonds. The van der Waals surface area contributed by atoms with Crippen LogP contribution in [0.15, 0.2) is 23.8 Å². The Labute approximate surface area is 152 Å². The molecule has 2 saturated carbocycles. The van der Waals surface area contributed by atoms with Crippen molar-refractivity contribution in [1.82, 2.24) is 0 Å². The van der Waals surface area contributed by atoms with E-state index in [1.54, 1.807) is 0 Å². The second-order valence-electron chi connectivity index (χ2n) is 9.11. The summed E-state index contributed by atoms with van der Waals surface area (Å²) in [6.07, 6.45) is 9.52. The summed E-state index contributed by atoms with van der Waals surface area (Å²) in [6.45, 7) is 14.3. The number of carbonyl (C=O) groups excluding carboxylic acids is 1. The Hall–Kier alpha value is -1.09. The van der Waals surface area contributed by atoms with Crippen molar-refractivity contribution in [3.63, 3.8) is 0 Å². The monoisotopic (exact) mass is 346 g/mol. The van der Waals surface area contributed by atoms with E-state index in [1.807, 2.05) is 6.92 Å². The van der Waals surface area contributed by atoms with Crippen molar-refractivity contribution < 1.29 is 14.3 Å². The van der Waals surface area contributed by atoms with Gasteiger partial charge in [-0.3, -0.25) is 0 Å². The SMILES string of the molecule is C=C1CC[C@H]2C(C)(C)CCC[C@]2(C)[C@H]1C/C=C1/CC(OCC)OC1=O. The van der Waals surface area contributed by atoms with Crippen LogP contribution in [0.1, 0.15) is 72.6 Å². The van der Waals surface area contributed by atoms with Crippen LogP contribution < -0.4 is 0 Å². The Morgan fingerprint density at radius 3 is 2.80 bits per heavy atom. The predicted molar refractivity (Wildman–Crippen MR) is 99.9 cm³/mol. The Bertz CT molecular complexity index is 574. The molecular formula is C22H34O3. The van der Waals surface area contributed by atoms with Crippen LogP contribution in [0.3, 0.4) is 0 Å². The molecule has 3 fully saturated rings. The molecule has 1 aliphatic heterocycles. The van der Waals surface area contributed by atoms with Gasteiger partial charge in [0.15, 0.2) is 0 Å². The normalized spacial score (nSPS) is 39.4. The number of hydrogen-bond donors (Lipinski definition) is 0. The quantitative estimate of drug-likeness (QED) is 0.388. The number of allylic oxidation sites excluding steroid dienone is 2. The topological polar surface area (TPSA) is 35.5 Å². The molecule has 4 atom stereocenters. The molecular weight excluding hydrogens is 312 g/mol. The molecule has 3 heteroatoms. The fourth-order valence-electron chi connectivity index (χ4n) is 5.91. The van der Waals surface area contributed by atoms with Crippen LogP contribution in [-0.2, 0) is 14.3 Å². The van der Waals surface area contributed by atoms with Crippen molar-refractivity contribution in [2.24, 2.45) is 22.7 Å². The molecule has 140 valence electrons. The number of carbonyl (C=O) groups is 1. The van der Waals surface area contributed by atoms with Gasteiger partial charge in [-0.05, 0) is 61.7 Å². The Morgan fingerprint density at radius 2 is 2.08 bits per heavy atom. The third-order valence-electron chi connectivity index (χ3n) is 7.16. The van der Waals surface area contributed by atoms with E-state index in [9.17, 15) is 4.79 Å². The van der Waals surface area contributed by atoms with E-state index >= 15 is 0 Å². The lowest BCUT2D eigenvalue weighted by atomic mass is 9.47. The second-order valence-corrected chi connectivity index (χ2v) is 9.11. The Kier molecular flexibility index (Phi) is 5.16. The smallest absolute Gasteiger partial charge is 0.336 e. The van der Waals surface area contributed by atoms with Crippen molar-refractivity contribution in [2.75, 3.05) is 6.61 Å². The summed E-state index contributed by atoms with van der Waals surface area (Å²) in [7, 11) is 0. The van der Waals surface area contributed by atoms with Gasteiger partial charge in [-0.2, -0.15) is 0 Å². The van der Waals surface area contributed by atoms with Gasteiger partial charge >= 0.3 is 5.97 Å². The van der Waals surface area contributed by atoms with Crippen LogP contribution in [0, 0.1) is 22.7 Å². The summed E-state index contributed by atoms with van der Waals surface area (Å²) in [5.41, 5.74) is 2.87. The zero-order chi connectivity index (χ0) is 18.2. The third-order valence-corrected chi connectivity index (χ3v) is 7.16. The number of ether oxygens (including phenoxy) is 2. The van der Waals surface area contributed by atoms with Crippen molar-refractivity contribution in [3.8, 4) is 0 Å². The van der Waals surface area contributed by atoms with Crippen molar-refractivity contribution in [3.05, 3.63) is 23.8 Å². The van der Waals surface area contributed by atoms with Crippen LogP contribution in [0.5, 0.6) is 0 Å². The number of fused-ring (bicyclic) bond motifs is 1. The molecule has 0 spiro atoms. The van der Waals surface area contributed by atoms with Gasteiger partial charge in [0.25, 0.3) is 0 Å². The van der Waals surface area contributed by atoms with Crippen LogP contribution in [0.4, 0.5) is 0 Å². The van der Waals surface area contributed by atoms with E-state index < -0.39 is 6.29 Å². The molecule has 0 aromatic rings. The van der Waals surface area contributed by atoms with Gasteiger partial charge in [-0.1, -0.05) is 45.4 Å². The largest absolute Gasteiger partial charge is 0.432 e. The van der Waals surface area contributed by atoms with Crippen LogP contribution in [0.25, 0.3) is 0 Å². The van der Waals surface area contributed by atoms with Crippen LogP contribution >= 0.6 is 0 Å². The predicted octanol–water partition coefficient (Wildman–Crippen LogP) is 5.41. The summed E-state index contributed by atoms with van der Waals surface area (Å²) in [4.78, 5) is 12.1. The highest BCUT2D eigenvalue weighted by Gasteiger charge is 2.52. The van der Waals surface area contributed by atoms with Crippen LogP contribution in [0.2, 0.25) is 0 Å². The second kappa shape index (κ2) is 6.90. The maximum absolute atomic E-state index is 12.1. The average molecular weight is 347 g/mol.